The van der Waals surface area contributed by atoms with Crippen molar-refractivity contribution in [2.45, 2.75) is 9.92 Å². The first-order valence-electron chi connectivity index (χ1n) is 5.19. The van der Waals surface area contributed by atoms with E-state index in [4.69, 9.17) is 10.8 Å². The third-order valence-electron chi connectivity index (χ3n) is 2.19. The maximum Gasteiger partial charge on any atom is 0.337 e. The molecule has 0 saturated heterocycles. The van der Waals surface area contributed by atoms with E-state index >= 15 is 0 Å². The summed E-state index contributed by atoms with van der Waals surface area (Å²) in [7, 11) is 0. The third kappa shape index (κ3) is 3.29. The molecule has 0 saturated carbocycles. The molecule has 3 N–H and O–H groups in total. The summed E-state index contributed by atoms with van der Waals surface area (Å²) in [4.78, 5) is 30.3. The number of aromatic nitrogens is 2. The molecular weight excluding hydrogens is 266 g/mol. The molecule has 0 aliphatic rings. The molecule has 0 aliphatic heterocycles. The van der Waals surface area contributed by atoms with Crippen LogP contribution in [0.1, 0.15) is 20.8 Å². The number of aromatic carboxylic acids is 1. The molecule has 2 heterocycles. The lowest BCUT2D eigenvalue weighted by Gasteiger charge is -2.02. The first-order chi connectivity index (χ1) is 9.06. The number of nitrogens with two attached hydrogens (primary N) is 1. The first kappa shape index (κ1) is 13.0. The smallest absolute Gasteiger partial charge is 0.337 e. The number of primary amides is 1. The Balaban J connectivity index is 2.19. The third-order valence-corrected chi connectivity index (χ3v) is 3.13. The van der Waals surface area contributed by atoms with E-state index < -0.39 is 11.9 Å². The largest absolute Gasteiger partial charge is 0.478 e. The minimum Gasteiger partial charge on any atom is -0.478 e. The Bertz CT molecular complexity index is 628. The number of nitrogens with zero attached hydrogens (tertiary/aromatic N) is 2. The van der Waals surface area contributed by atoms with Crippen molar-refractivity contribution >= 4 is 23.6 Å². The maximum absolute atomic E-state index is 11.0. The van der Waals surface area contributed by atoms with Crippen molar-refractivity contribution < 1.29 is 14.7 Å². The SMILES string of the molecule is NC(=O)c1cc(Sc2ccc(C(=O)O)cn2)ccn1. The van der Waals surface area contributed by atoms with Crippen molar-refractivity contribution in [1.29, 1.82) is 0 Å². The zero-order valence-corrected chi connectivity index (χ0v) is 10.4. The molecule has 0 aromatic carbocycles. The van der Waals surface area contributed by atoms with E-state index in [1.807, 2.05) is 0 Å². The van der Waals surface area contributed by atoms with Gasteiger partial charge in [-0.15, -0.1) is 0 Å². The molecule has 96 valence electrons. The van der Waals surface area contributed by atoms with Crippen molar-refractivity contribution in [3.05, 3.63) is 47.9 Å². The molecule has 0 atom stereocenters. The van der Waals surface area contributed by atoms with Gasteiger partial charge in [0, 0.05) is 17.3 Å². The molecule has 0 fully saturated rings. The molecule has 2 aromatic heterocycles. The van der Waals surface area contributed by atoms with Gasteiger partial charge in [0.15, 0.2) is 0 Å². The standard InChI is InChI=1S/C12H9N3O3S/c13-11(16)9-5-8(3-4-14-9)19-10-2-1-7(6-15-10)12(17)18/h1-6H,(H2,13,16)(H,17,18). The molecule has 0 bridgehead atoms. The summed E-state index contributed by atoms with van der Waals surface area (Å²) >= 11 is 1.29. The van der Waals surface area contributed by atoms with Crippen LogP contribution in [-0.4, -0.2) is 27.0 Å². The van der Waals surface area contributed by atoms with Crippen molar-refractivity contribution in [3.63, 3.8) is 0 Å². The summed E-state index contributed by atoms with van der Waals surface area (Å²) in [6.07, 6.45) is 2.76. The molecule has 0 unspecified atom stereocenters. The fourth-order valence-electron chi connectivity index (χ4n) is 1.30. The van der Waals surface area contributed by atoms with Crippen LogP contribution in [-0.2, 0) is 0 Å². The predicted molar refractivity (Wildman–Crippen MR) is 68.1 cm³/mol. The topological polar surface area (TPSA) is 106 Å². The van der Waals surface area contributed by atoms with E-state index in [1.54, 1.807) is 18.2 Å². The molecule has 0 spiro atoms. The van der Waals surface area contributed by atoms with E-state index in [-0.39, 0.29) is 11.3 Å². The van der Waals surface area contributed by atoms with E-state index in [0.717, 1.165) is 4.90 Å². The normalized spacial score (nSPS) is 10.1. The van der Waals surface area contributed by atoms with Gasteiger partial charge in [-0.1, -0.05) is 11.8 Å². The number of hydrogen-bond donors (Lipinski definition) is 2. The second-order valence-corrected chi connectivity index (χ2v) is 4.63. The summed E-state index contributed by atoms with van der Waals surface area (Å²) in [5, 5.41) is 9.37. The number of rotatable bonds is 4. The van der Waals surface area contributed by atoms with Crippen LogP contribution < -0.4 is 5.73 Å². The monoisotopic (exact) mass is 275 g/mol. The highest BCUT2D eigenvalue weighted by molar-refractivity contribution is 7.99. The van der Waals surface area contributed by atoms with Gasteiger partial charge in [0.25, 0.3) is 5.91 Å². The maximum atomic E-state index is 11.0. The molecular formula is C12H9N3O3S. The van der Waals surface area contributed by atoms with Gasteiger partial charge in [-0.05, 0) is 24.3 Å². The second kappa shape index (κ2) is 5.49. The lowest BCUT2D eigenvalue weighted by molar-refractivity contribution is 0.0696. The lowest BCUT2D eigenvalue weighted by Crippen LogP contribution is -2.12. The predicted octanol–water partition coefficient (Wildman–Crippen LogP) is 1.42. The minimum atomic E-state index is -1.02. The Labute approximate surface area is 112 Å². The zero-order chi connectivity index (χ0) is 13.8. The van der Waals surface area contributed by atoms with Crippen LogP contribution >= 0.6 is 11.8 Å². The fraction of sp³-hybridized carbons (Fsp3) is 0. The highest BCUT2D eigenvalue weighted by Crippen LogP contribution is 2.25. The highest BCUT2D eigenvalue weighted by Gasteiger charge is 2.06. The van der Waals surface area contributed by atoms with Gasteiger partial charge in [-0.2, -0.15) is 0 Å². The molecule has 6 nitrogen and oxygen atoms in total. The Kier molecular flexibility index (Phi) is 3.76. The average molecular weight is 275 g/mol. The summed E-state index contributed by atoms with van der Waals surface area (Å²) < 4.78 is 0. The molecule has 7 heteroatoms. The van der Waals surface area contributed by atoms with Gasteiger partial charge < -0.3 is 10.8 Å². The van der Waals surface area contributed by atoms with Gasteiger partial charge in [0.2, 0.25) is 0 Å². The molecule has 0 radical (unpaired) electrons. The first-order valence-corrected chi connectivity index (χ1v) is 6.01. The minimum absolute atomic E-state index is 0.122. The number of hydrogen-bond acceptors (Lipinski definition) is 5. The number of amides is 1. The van der Waals surface area contributed by atoms with E-state index in [9.17, 15) is 9.59 Å². The Morgan fingerprint density at radius 2 is 2.00 bits per heavy atom. The van der Waals surface area contributed by atoms with Crippen LogP contribution in [0.15, 0.2) is 46.6 Å². The quantitative estimate of drug-likeness (QED) is 0.874. The van der Waals surface area contributed by atoms with Gasteiger partial charge in [-0.25, -0.2) is 9.78 Å². The van der Waals surface area contributed by atoms with Crippen LogP contribution in [0.5, 0.6) is 0 Å². The van der Waals surface area contributed by atoms with Crippen LogP contribution in [0.3, 0.4) is 0 Å². The van der Waals surface area contributed by atoms with Gasteiger partial charge in [0.05, 0.1) is 5.56 Å². The molecule has 2 rings (SSSR count). The Morgan fingerprint density at radius 3 is 2.58 bits per heavy atom. The lowest BCUT2D eigenvalue weighted by atomic mass is 10.3. The van der Waals surface area contributed by atoms with Crippen LogP contribution in [0.25, 0.3) is 0 Å². The zero-order valence-electron chi connectivity index (χ0n) is 9.61. The van der Waals surface area contributed by atoms with E-state index in [1.165, 1.54) is 30.2 Å². The number of carbonyl (C=O) groups is 2. The van der Waals surface area contributed by atoms with E-state index in [0.29, 0.717) is 5.03 Å². The molecule has 2 aromatic rings. The summed E-state index contributed by atoms with van der Waals surface area (Å²) in [6, 6.07) is 6.33. The van der Waals surface area contributed by atoms with E-state index in [2.05, 4.69) is 9.97 Å². The number of carboxylic acid groups (broad SMARTS) is 1. The van der Waals surface area contributed by atoms with Gasteiger partial charge in [0.1, 0.15) is 10.7 Å². The van der Waals surface area contributed by atoms with Crippen molar-refractivity contribution in [3.8, 4) is 0 Å². The van der Waals surface area contributed by atoms with Gasteiger partial charge in [-0.3, -0.25) is 9.78 Å². The Hall–Kier alpha value is -2.41. The van der Waals surface area contributed by atoms with Crippen LogP contribution in [0.2, 0.25) is 0 Å². The van der Waals surface area contributed by atoms with Crippen molar-refractivity contribution in [1.82, 2.24) is 9.97 Å². The van der Waals surface area contributed by atoms with Gasteiger partial charge >= 0.3 is 5.97 Å². The second-order valence-electron chi connectivity index (χ2n) is 3.53. The fourth-order valence-corrected chi connectivity index (χ4v) is 2.08. The van der Waals surface area contributed by atoms with Crippen molar-refractivity contribution in [2.24, 2.45) is 5.73 Å². The Morgan fingerprint density at radius 1 is 1.21 bits per heavy atom. The van der Waals surface area contributed by atoms with Crippen molar-refractivity contribution in [2.75, 3.05) is 0 Å². The average Bonchev–Trinajstić information content (AvgIpc) is 2.39. The summed E-state index contributed by atoms with van der Waals surface area (Å²) in [5.74, 6) is -1.62. The number of pyridine rings is 2. The molecule has 1 amide bonds. The summed E-state index contributed by atoms with van der Waals surface area (Å²) in [5.41, 5.74) is 5.43. The molecule has 0 aliphatic carbocycles. The number of carboxylic acids is 1. The highest BCUT2D eigenvalue weighted by atomic mass is 32.2. The summed E-state index contributed by atoms with van der Waals surface area (Å²) in [6.45, 7) is 0. The van der Waals surface area contributed by atoms with Crippen LogP contribution in [0, 0.1) is 0 Å². The molecule has 19 heavy (non-hydrogen) atoms. The van der Waals surface area contributed by atoms with Crippen LogP contribution in [0.4, 0.5) is 0 Å². The number of carbonyl (C=O) groups excluding carboxylic acids is 1.